The number of rotatable bonds is 2. The molecule has 0 heterocycles. The summed E-state index contributed by atoms with van der Waals surface area (Å²) in [5.74, 6) is 4.82. The van der Waals surface area contributed by atoms with E-state index in [9.17, 15) is 4.79 Å². The molecular formula is C22H36O2Si. The van der Waals surface area contributed by atoms with Crippen LogP contribution in [0.15, 0.2) is 11.8 Å². The van der Waals surface area contributed by atoms with Gasteiger partial charge in [0.2, 0.25) is 8.32 Å². The molecule has 3 fully saturated rings. The average Bonchev–Trinajstić information content (AvgIpc) is 2.82. The van der Waals surface area contributed by atoms with Crippen LogP contribution in [0.2, 0.25) is 19.6 Å². The minimum Gasteiger partial charge on any atom is -0.548 e. The molecule has 25 heavy (non-hydrogen) atoms. The van der Waals surface area contributed by atoms with Gasteiger partial charge in [0.05, 0.1) is 5.76 Å². The molecule has 3 heteroatoms. The van der Waals surface area contributed by atoms with Gasteiger partial charge in [-0.05, 0) is 93.3 Å². The number of carbonyl (C=O) groups excluding carboxylic acids is 1. The summed E-state index contributed by atoms with van der Waals surface area (Å²) >= 11 is 0. The van der Waals surface area contributed by atoms with Gasteiger partial charge >= 0.3 is 0 Å². The molecule has 4 aliphatic rings. The van der Waals surface area contributed by atoms with Gasteiger partial charge in [-0.3, -0.25) is 4.79 Å². The highest BCUT2D eigenvalue weighted by Crippen LogP contribution is 2.65. The lowest BCUT2D eigenvalue weighted by Gasteiger charge is -2.58. The molecule has 0 amide bonds. The molecule has 0 radical (unpaired) electrons. The summed E-state index contributed by atoms with van der Waals surface area (Å²) in [5.41, 5.74) is 0.448. The molecule has 140 valence electrons. The molecule has 0 spiro atoms. The van der Waals surface area contributed by atoms with Crippen molar-refractivity contribution in [1.29, 1.82) is 0 Å². The molecule has 2 nitrogen and oxygen atoms in total. The molecule has 4 aliphatic carbocycles. The number of ketones is 1. The number of Topliss-reactive ketones (excluding diaryl/α,β-unsaturated/α-hetero) is 1. The largest absolute Gasteiger partial charge is 0.548 e. The van der Waals surface area contributed by atoms with Crippen molar-refractivity contribution in [3.8, 4) is 0 Å². The van der Waals surface area contributed by atoms with E-state index in [1.807, 2.05) is 0 Å². The molecule has 0 aromatic rings. The van der Waals surface area contributed by atoms with Crippen molar-refractivity contribution in [3.63, 3.8) is 0 Å². The Labute approximate surface area is 154 Å². The molecule has 0 aromatic carbocycles. The fraction of sp³-hybridized carbons (Fsp3) is 0.864. The third kappa shape index (κ3) is 2.76. The SMILES string of the molecule is C[C@]12CCC(O[Si](C)(C)C)=C[C@H]1CC[C@@H]1[C@@H]2CC[C@]2(C)C(=O)CC[C@@H]12. The topological polar surface area (TPSA) is 26.3 Å². The molecule has 0 bridgehead atoms. The second-order valence-electron chi connectivity index (χ2n) is 10.8. The fourth-order valence-electron chi connectivity index (χ4n) is 7.08. The zero-order valence-corrected chi connectivity index (χ0v) is 17.9. The summed E-state index contributed by atoms with van der Waals surface area (Å²) in [6.07, 6.45) is 12.0. The van der Waals surface area contributed by atoms with Gasteiger partial charge in [-0.1, -0.05) is 13.8 Å². The van der Waals surface area contributed by atoms with Gasteiger partial charge in [0, 0.05) is 18.3 Å². The van der Waals surface area contributed by atoms with Crippen LogP contribution in [0, 0.1) is 34.5 Å². The predicted molar refractivity (Wildman–Crippen MR) is 105 cm³/mol. The van der Waals surface area contributed by atoms with E-state index >= 15 is 0 Å². The van der Waals surface area contributed by atoms with Crippen molar-refractivity contribution in [2.45, 2.75) is 84.9 Å². The first-order valence-corrected chi connectivity index (χ1v) is 14.0. The molecule has 0 unspecified atom stereocenters. The van der Waals surface area contributed by atoms with Crippen LogP contribution in [0.5, 0.6) is 0 Å². The smallest absolute Gasteiger partial charge is 0.241 e. The second kappa shape index (κ2) is 5.71. The normalized spacial score (nSPS) is 46.8. The van der Waals surface area contributed by atoms with Crippen LogP contribution < -0.4 is 0 Å². The van der Waals surface area contributed by atoms with E-state index in [0.717, 1.165) is 37.5 Å². The third-order valence-corrected chi connectivity index (χ3v) is 9.26. The lowest BCUT2D eigenvalue weighted by atomic mass is 9.46. The fourth-order valence-corrected chi connectivity index (χ4v) is 8.04. The summed E-state index contributed by atoms with van der Waals surface area (Å²) < 4.78 is 6.36. The first-order valence-electron chi connectivity index (χ1n) is 10.6. The van der Waals surface area contributed by atoms with Crippen molar-refractivity contribution in [2.75, 3.05) is 0 Å². The quantitative estimate of drug-likeness (QED) is 0.569. The Hall–Kier alpha value is -0.573. The minimum absolute atomic E-state index is 0.0149. The molecule has 6 atom stereocenters. The minimum atomic E-state index is -1.50. The maximum Gasteiger partial charge on any atom is 0.241 e. The molecular weight excluding hydrogens is 324 g/mol. The third-order valence-electron chi connectivity index (χ3n) is 8.39. The number of carbonyl (C=O) groups is 1. The van der Waals surface area contributed by atoms with Gasteiger partial charge in [-0.2, -0.15) is 0 Å². The van der Waals surface area contributed by atoms with E-state index in [4.69, 9.17) is 4.43 Å². The highest BCUT2D eigenvalue weighted by Gasteiger charge is 2.59. The van der Waals surface area contributed by atoms with E-state index in [2.05, 4.69) is 39.6 Å². The number of hydrogen-bond donors (Lipinski definition) is 0. The summed E-state index contributed by atoms with van der Waals surface area (Å²) in [7, 11) is -1.50. The highest BCUT2D eigenvalue weighted by molar-refractivity contribution is 6.70. The standard InChI is InChI=1S/C22H36O2Si/c1-21-12-10-16(24-25(3,4)5)14-15(21)6-7-17-18-8-9-20(23)22(18,2)13-11-19(17)21/h14-15,17-19H,6-13H2,1-5H3/t15-,17+,18+,19+,21+,22+/m1/s1. The monoisotopic (exact) mass is 360 g/mol. The van der Waals surface area contributed by atoms with Gasteiger partial charge in [0.1, 0.15) is 5.78 Å². The Morgan fingerprint density at radius 1 is 1.00 bits per heavy atom. The molecule has 0 aromatic heterocycles. The van der Waals surface area contributed by atoms with Crippen LogP contribution >= 0.6 is 0 Å². The lowest BCUT2D eigenvalue weighted by Crippen LogP contribution is -2.52. The summed E-state index contributed by atoms with van der Waals surface area (Å²) in [6.45, 7) is 11.7. The van der Waals surface area contributed by atoms with Crippen LogP contribution in [0.25, 0.3) is 0 Å². The number of hydrogen-bond acceptors (Lipinski definition) is 2. The van der Waals surface area contributed by atoms with Gasteiger partial charge in [-0.15, -0.1) is 0 Å². The van der Waals surface area contributed by atoms with Crippen LogP contribution in [0.3, 0.4) is 0 Å². The van der Waals surface area contributed by atoms with Gasteiger partial charge in [0.15, 0.2) is 0 Å². The molecule has 0 N–H and O–H groups in total. The van der Waals surface area contributed by atoms with E-state index in [-0.39, 0.29) is 5.41 Å². The van der Waals surface area contributed by atoms with Crippen LogP contribution in [-0.4, -0.2) is 14.1 Å². The maximum absolute atomic E-state index is 12.5. The maximum atomic E-state index is 12.5. The Morgan fingerprint density at radius 2 is 1.76 bits per heavy atom. The number of allylic oxidation sites excluding steroid dienone is 2. The lowest BCUT2D eigenvalue weighted by molar-refractivity contribution is -0.135. The van der Waals surface area contributed by atoms with Gasteiger partial charge in [0.25, 0.3) is 0 Å². The zero-order chi connectivity index (χ0) is 18.0. The first-order chi connectivity index (χ1) is 11.6. The highest BCUT2D eigenvalue weighted by atomic mass is 28.4. The first kappa shape index (κ1) is 17.8. The second-order valence-corrected chi connectivity index (χ2v) is 15.3. The van der Waals surface area contributed by atoms with Crippen molar-refractivity contribution < 1.29 is 9.22 Å². The molecule has 4 rings (SSSR count). The Morgan fingerprint density at radius 3 is 2.48 bits per heavy atom. The van der Waals surface area contributed by atoms with Crippen LogP contribution in [-0.2, 0) is 9.22 Å². The summed E-state index contributed by atoms with van der Waals surface area (Å²) in [5, 5.41) is 0. The van der Waals surface area contributed by atoms with E-state index in [1.54, 1.807) is 0 Å². The van der Waals surface area contributed by atoms with Crippen molar-refractivity contribution in [3.05, 3.63) is 11.8 Å². The van der Waals surface area contributed by atoms with Crippen LogP contribution in [0.1, 0.15) is 65.2 Å². The van der Waals surface area contributed by atoms with Crippen LogP contribution in [0.4, 0.5) is 0 Å². The molecule has 0 saturated heterocycles. The predicted octanol–water partition coefficient (Wildman–Crippen LogP) is 5.94. The Balaban J connectivity index is 1.58. The van der Waals surface area contributed by atoms with Crippen molar-refractivity contribution >= 4 is 14.1 Å². The van der Waals surface area contributed by atoms with E-state index in [1.165, 1.54) is 31.4 Å². The van der Waals surface area contributed by atoms with E-state index < -0.39 is 8.32 Å². The van der Waals surface area contributed by atoms with Gasteiger partial charge < -0.3 is 4.43 Å². The van der Waals surface area contributed by atoms with Crippen molar-refractivity contribution in [2.24, 2.45) is 34.5 Å². The van der Waals surface area contributed by atoms with E-state index in [0.29, 0.717) is 23.0 Å². The zero-order valence-electron chi connectivity index (χ0n) is 16.9. The van der Waals surface area contributed by atoms with Crippen molar-refractivity contribution in [1.82, 2.24) is 0 Å². The molecule has 3 saturated carbocycles. The summed E-state index contributed by atoms with van der Waals surface area (Å²) in [6, 6.07) is 0. The Bertz CT molecular complexity index is 604. The Kier molecular flexibility index (Phi) is 4.07. The molecule has 0 aliphatic heterocycles. The average molecular weight is 361 g/mol. The van der Waals surface area contributed by atoms with Gasteiger partial charge in [-0.25, -0.2) is 0 Å². The number of fused-ring (bicyclic) bond motifs is 5. The summed E-state index contributed by atoms with van der Waals surface area (Å²) in [4.78, 5) is 12.5.